The van der Waals surface area contributed by atoms with Crippen molar-refractivity contribution in [2.24, 2.45) is 11.7 Å². The quantitative estimate of drug-likeness (QED) is 0.824. The van der Waals surface area contributed by atoms with E-state index < -0.39 is 0 Å². The van der Waals surface area contributed by atoms with E-state index in [9.17, 15) is 0 Å². The van der Waals surface area contributed by atoms with Crippen molar-refractivity contribution in [2.45, 2.75) is 57.1 Å². The van der Waals surface area contributed by atoms with Crippen LogP contribution in [0.5, 0.6) is 5.75 Å². The number of hydrogen-bond donors (Lipinski definition) is 1. The fourth-order valence-electron chi connectivity index (χ4n) is 3.61. The Bertz CT molecular complexity index is 466. The zero-order chi connectivity index (χ0) is 13.5. The van der Waals surface area contributed by atoms with Gasteiger partial charge in [0.1, 0.15) is 11.4 Å². The van der Waals surface area contributed by atoms with Crippen LogP contribution in [0.1, 0.15) is 57.1 Å². The highest BCUT2D eigenvalue weighted by molar-refractivity contribution is 6.30. The van der Waals surface area contributed by atoms with Gasteiger partial charge in [-0.25, -0.2) is 0 Å². The predicted molar refractivity (Wildman–Crippen MR) is 78.6 cm³/mol. The minimum atomic E-state index is -0.0219. The molecule has 1 aliphatic carbocycles. The Labute approximate surface area is 120 Å². The number of hydrogen-bond acceptors (Lipinski definition) is 2. The van der Waals surface area contributed by atoms with Gasteiger partial charge < -0.3 is 10.5 Å². The topological polar surface area (TPSA) is 35.2 Å². The summed E-state index contributed by atoms with van der Waals surface area (Å²) >= 11 is 6.05. The van der Waals surface area contributed by atoms with Crippen molar-refractivity contribution in [1.29, 1.82) is 0 Å². The van der Waals surface area contributed by atoms with E-state index in [-0.39, 0.29) is 11.6 Å². The lowest BCUT2D eigenvalue weighted by Gasteiger charge is -2.45. The van der Waals surface area contributed by atoms with E-state index in [1.807, 2.05) is 18.2 Å². The molecule has 1 aliphatic heterocycles. The Kier molecular flexibility index (Phi) is 3.48. The third-order valence-electron chi connectivity index (χ3n) is 4.88. The normalized spacial score (nSPS) is 33.8. The zero-order valence-corrected chi connectivity index (χ0v) is 12.2. The molecule has 2 nitrogen and oxygen atoms in total. The van der Waals surface area contributed by atoms with Crippen molar-refractivity contribution in [1.82, 2.24) is 0 Å². The second-order valence-electron chi connectivity index (χ2n) is 6.13. The highest BCUT2D eigenvalue weighted by atomic mass is 35.5. The van der Waals surface area contributed by atoms with Crippen LogP contribution >= 0.6 is 11.6 Å². The summed E-state index contributed by atoms with van der Waals surface area (Å²) in [7, 11) is 0. The maximum Gasteiger partial charge on any atom is 0.125 e. The van der Waals surface area contributed by atoms with Gasteiger partial charge in [-0.15, -0.1) is 0 Å². The average Bonchev–Trinajstić information content (AvgIpc) is 2.41. The van der Waals surface area contributed by atoms with E-state index in [0.717, 1.165) is 41.5 Å². The van der Waals surface area contributed by atoms with Gasteiger partial charge in [-0.05, 0) is 49.8 Å². The number of nitrogens with two attached hydrogens (primary N) is 1. The van der Waals surface area contributed by atoms with Gasteiger partial charge in [-0.2, -0.15) is 0 Å². The van der Waals surface area contributed by atoms with Gasteiger partial charge in [0.2, 0.25) is 0 Å². The summed E-state index contributed by atoms with van der Waals surface area (Å²) in [6.45, 7) is 2.29. The summed E-state index contributed by atoms with van der Waals surface area (Å²) in [5.74, 6) is 1.81. The molecule has 3 rings (SSSR count). The number of rotatable bonds is 1. The van der Waals surface area contributed by atoms with Crippen molar-refractivity contribution in [3.05, 3.63) is 28.8 Å². The van der Waals surface area contributed by atoms with E-state index >= 15 is 0 Å². The molecular formula is C16H22ClNO. The van der Waals surface area contributed by atoms with Gasteiger partial charge in [0.15, 0.2) is 0 Å². The molecule has 2 aliphatic rings. The maximum absolute atomic E-state index is 6.35. The molecule has 0 radical (unpaired) electrons. The smallest absolute Gasteiger partial charge is 0.125 e. The lowest BCUT2D eigenvalue weighted by atomic mass is 9.73. The van der Waals surface area contributed by atoms with Crippen LogP contribution < -0.4 is 10.5 Å². The van der Waals surface area contributed by atoms with Crippen LogP contribution in [-0.4, -0.2) is 5.60 Å². The monoisotopic (exact) mass is 279 g/mol. The van der Waals surface area contributed by atoms with Crippen molar-refractivity contribution >= 4 is 11.6 Å². The van der Waals surface area contributed by atoms with Crippen LogP contribution in [0, 0.1) is 5.92 Å². The van der Waals surface area contributed by atoms with E-state index in [4.69, 9.17) is 22.1 Å². The SMILES string of the molecule is CCC1CCC2(CC1)C[C@H](N)c1cc(Cl)ccc1O2. The lowest BCUT2D eigenvalue weighted by Crippen LogP contribution is -2.45. The van der Waals surface area contributed by atoms with Crippen LogP contribution in [0.2, 0.25) is 5.02 Å². The summed E-state index contributed by atoms with van der Waals surface area (Å²) in [6, 6.07) is 5.88. The molecule has 1 spiro atoms. The number of halogens is 1. The minimum absolute atomic E-state index is 0.0219. The molecule has 1 aromatic rings. The Balaban J connectivity index is 1.83. The fourth-order valence-corrected chi connectivity index (χ4v) is 3.79. The van der Waals surface area contributed by atoms with Crippen LogP contribution in [-0.2, 0) is 0 Å². The van der Waals surface area contributed by atoms with Gasteiger partial charge in [-0.3, -0.25) is 0 Å². The lowest BCUT2D eigenvalue weighted by molar-refractivity contribution is -0.0109. The Hall–Kier alpha value is -0.730. The molecule has 104 valence electrons. The molecule has 0 saturated heterocycles. The van der Waals surface area contributed by atoms with Crippen LogP contribution in [0.15, 0.2) is 18.2 Å². The van der Waals surface area contributed by atoms with Crippen LogP contribution in [0.25, 0.3) is 0 Å². The number of ether oxygens (including phenoxy) is 1. The highest BCUT2D eigenvalue weighted by Crippen LogP contribution is 2.47. The Morgan fingerprint density at radius 2 is 2.11 bits per heavy atom. The van der Waals surface area contributed by atoms with Crippen molar-refractivity contribution in [2.75, 3.05) is 0 Å². The van der Waals surface area contributed by atoms with Crippen molar-refractivity contribution in [3.8, 4) is 5.75 Å². The average molecular weight is 280 g/mol. The Morgan fingerprint density at radius 3 is 2.79 bits per heavy atom. The summed E-state index contributed by atoms with van der Waals surface area (Å²) in [4.78, 5) is 0. The van der Waals surface area contributed by atoms with E-state index in [1.165, 1.54) is 19.3 Å². The highest BCUT2D eigenvalue weighted by Gasteiger charge is 2.42. The summed E-state index contributed by atoms with van der Waals surface area (Å²) < 4.78 is 6.34. The second-order valence-corrected chi connectivity index (χ2v) is 6.57. The first-order valence-corrected chi connectivity index (χ1v) is 7.74. The predicted octanol–water partition coefficient (Wildman–Crippen LogP) is 4.46. The van der Waals surface area contributed by atoms with Gasteiger partial charge in [0.05, 0.1) is 0 Å². The van der Waals surface area contributed by atoms with Gasteiger partial charge in [-0.1, -0.05) is 24.9 Å². The van der Waals surface area contributed by atoms with Gasteiger partial charge in [0, 0.05) is 23.0 Å². The first-order valence-electron chi connectivity index (χ1n) is 7.36. The number of benzene rings is 1. The zero-order valence-electron chi connectivity index (χ0n) is 11.5. The summed E-state index contributed by atoms with van der Waals surface area (Å²) in [6.07, 6.45) is 7.03. The molecule has 0 bridgehead atoms. The fraction of sp³-hybridized carbons (Fsp3) is 0.625. The van der Waals surface area contributed by atoms with Crippen LogP contribution in [0.3, 0.4) is 0 Å². The van der Waals surface area contributed by atoms with E-state index in [1.54, 1.807) is 0 Å². The molecule has 1 aromatic carbocycles. The molecule has 1 saturated carbocycles. The molecule has 1 atom stereocenters. The van der Waals surface area contributed by atoms with Gasteiger partial charge in [0.25, 0.3) is 0 Å². The maximum atomic E-state index is 6.35. The largest absolute Gasteiger partial charge is 0.487 e. The molecule has 19 heavy (non-hydrogen) atoms. The molecular weight excluding hydrogens is 258 g/mol. The molecule has 0 amide bonds. The molecule has 0 aromatic heterocycles. The molecule has 1 fully saturated rings. The van der Waals surface area contributed by atoms with Crippen LogP contribution in [0.4, 0.5) is 0 Å². The number of fused-ring (bicyclic) bond motifs is 1. The molecule has 0 unspecified atom stereocenters. The second kappa shape index (κ2) is 4.99. The summed E-state index contributed by atoms with van der Waals surface area (Å²) in [5, 5.41) is 0.739. The molecule has 3 heteroatoms. The Morgan fingerprint density at radius 1 is 1.37 bits per heavy atom. The van der Waals surface area contributed by atoms with Gasteiger partial charge >= 0.3 is 0 Å². The first-order chi connectivity index (χ1) is 9.12. The third-order valence-corrected chi connectivity index (χ3v) is 5.12. The molecule has 2 N–H and O–H groups in total. The standard InChI is InChI=1S/C16H22ClNO/c1-2-11-5-7-16(8-6-11)10-14(18)13-9-12(17)3-4-15(13)19-16/h3-4,9,11,14H,2,5-8,10,18H2,1H3/t11?,14-,16?/m0/s1. The van der Waals surface area contributed by atoms with Crippen molar-refractivity contribution in [3.63, 3.8) is 0 Å². The van der Waals surface area contributed by atoms with E-state index in [2.05, 4.69) is 6.92 Å². The van der Waals surface area contributed by atoms with E-state index in [0.29, 0.717) is 0 Å². The minimum Gasteiger partial charge on any atom is -0.487 e. The molecule has 1 heterocycles. The third kappa shape index (κ3) is 2.48. The summed E-state index contributed by atoms with van der Waals surface area (Å²) in [5.41, 5.74) is 7.39. The first kappa shape index (κ1) is 13.3. The van der Waals surface area contributed by atoms with Crippen molar-refractivity contribution < 1.29 is 4.74 Å².